The van der Waals surface area contributed by atoms with Crippen molar-refractivity contribution in [2.45, 2.75) is 0 Å². The first-order chi connectivity index (χ1) is 5.74. The first-order valence-corrected chi connectivity index (χ1v) is 5.32. The van der Waals surface area contributed by atoms with E-state index in [9.17, 15) is 0 Å². The number of hydrogen-bond acceptors (Lipinski definition) is 6. The Labute approximate surface area is 73.8 Å². The van der Waals surface area contributed by atoms with Crippen LogP contribution in [0.15, 0.2) is 0 Å². The van der Waals surface area contributed by atoms with Gasteiger partial charge in [-0.3, -0.25) is 5.43 Å². The van der Waals surface area contributed by atoms with Crippen molar-refractivity contribution in [2.75, 3.05) is 34.4 Å². The van der Waals surface area contributed by atoms with Gasteiger partial charge in [-0.05, 0) is 0 Å². The molecule has 0 aliphatic carbocycles. The molecule has 0 aliphatic heterocycles. The second-order valence-corrected chi connectivity index (χ2v) is 4.60. The molecule has 0 radical (unpaired) electrons. The van der Waals surface area contributed by atoms with Crippen molar-refractivity contribution >= 4 is 8.97 Å². The van der Waals surface area contributed by atoms with Gasteiger partial charge in [0.05, 0.1) is 0 Å². The first kappa shape index (κ1) is 12.0. The van der Waals surface area contributed by atoms with Gasteiger partial charge in [-0.1, -0.05) is 0 Å². The summed E-state index contributed by atoms with van der Waals surface area (Å²) in [5.74, 6) is 0. The second kappa shape index (κ2) is 6.49. The van der Waals surface area contributed by atoms with E-state index in [1.165, 1.54) is 21.3 Å². The van der Waals surface area contributed by atoms with E-state index in [4.69, 9.17) is 19.0 Å². The van der Waals surface area contributed by atoms with Crippen LogP contribution >= 0.6 is 0 Å². The Morgan fingerprint density at radius 2 is 1.67 bits per heavy atom. The zero-order chi connectivity index (χ0) is 9.45. The molecule has 74 valence electrons. The molecule has 0 rings (SSSR count). The molecule has 0 fully saturated rings. The molecule has 0 aromatic rings. The Morgan fingerprint density at radius 3 is 2.00 bits per heavy atom. The van der Waals surface area contributed by atoms with Gasteiger partial charge in [0.2, 0.25) is 0 Å². The molecule has 0 heterocycles. The fourth-order valence-corrected chi connectivity index (χ4v) is 1.79. The van der Waals surface area contributed by atoms with Crippen LogP contribution in [0.25, 0.3) is 0 Å². The van der Waals surface area contributed by atoms with Crippen LogP contribution < -0.4 is 16.3 Å². The predicted molar refractivity (Wildman–Crippen MR) is 47.0 cm³/mol. The van der Waals surface area contributed by atoms with Gasteiger partial charge in [0.25, 0.3) is 0 Å². The van der Waals surface area contributed by atoms with E-state index < -0.39 is 8.97 Å². The lowest BCUT2D eigenvalue weighted by molar-refractivity contribution is 0.104. The number of hydrogen-bond donors (Lipinski definition) is 3. The predicted octanol–water partition coefficient (Wildman–Crippen LogP) is -1.59. The molecule has 0 aromatic heterocycles. The van der Waals surface area contributed by atoms with Crippen molar-refractivity contribution in [1.82, 2.24) is 10.5 Å². The van der Waals surface area contributed by atoms with Gasteiger partial charge in [0, 0.05) is 34.4 Å². The molecule has 0 unspecified atom stereocenters. The smallest absolute Gasteiger partial charge is 0.364 e. The van der Waals surface area contributed by atoms with Gasteiger partial charge >= 0.3 is 8.97 Å². The third-order valence-corrected chi connectivity index (χ3v) is 3.41. The van der Waals surface area contributed by atoms with Crippen LogP contribution in [-0.4, -0.2) is 43.4 Å². The highest BCUT2D eigenvalue weighted by atomic mass is 28.4. The highest BCUT2D eigenvalue weighted by molar-refractivity contribution is 6.57. The van der Waals surface area contributed by atoms with E-state index in [0.29, 0.717) is 13.1 Å². The van der Waals surface area contributed by atoms with Crippen LogP contribution in [0.5, 0.6) is 0 Å². The number of nitrogens with two attached hydrogens (primary N) is 1. The van der Waals surface area contributed by atoms with Crippen LogP contribution in [0.4, 0.5) is 0 Å². The molecule has 6 nitrogen and oxygen atoms in total. The molecule has 7 heteroatoms. The quantitative estimate of drug-likeness (QED) is 0.258. The monoisotopic (exact) mass is 195 g/mol. The van der Waals surface area contributed by atoms with Crippen molar-refractivity contribution in [3.63, 3.8) is 0 Å². The molecule has 0 atom stereocenters. The molecule has 0 aromatic carbocycles. The maximum Gasteiger partial charge on any atom is 0.610 e. The number of rotatable bonds is 7. The number of hydrazine groups is 1. The number of nitrogens with one attached hydrogen (secondary N) is 2. The summed E-state index contributed by atoms with van der Waals surface area (Å²) < 4.78 is 15.2. The molecule has 0 spiro atoms. The summed E-state index contributed by atoms with van der Waals surface area (Å²) in [5.41, 5.74) is 8.11. The summed E-state index contributed by atoms with van der Waals surface area (Å²) in [6.07, 6.45) is 0. The standard InChI is InChI=1S/C5H17N3O3Si/c1-9-12(10-2,11-3)8-7-5-4-6/h7-8H,4-6H2,1-3H3. The zero-order valence-corrected chi connectivity index (χ0v) is 8.72. The molecule has 0 saturated heterocycles. The van der Waals surface area contributed by atoms with Crippen molar-refractivity contribution in [1.29, 1.82) is 0 Å². The van der Waals surface area contributed by atoms with Gasteiger partial charge in [0.1, 0.15) is 0 Å². The fraction of sp³-hybridized carbons (Fsp3) is 1.00. The van der Waals surface area contributed by atoms with Gasteiger partial charge in [0.15, 0.2) is 0 Å². The van der Waals surface area contributed by atoms with Gasteiger partial charge < -0.3 is 19.0 Å². The summed E-state index contributed by atoms with van der Waals surface area (Å²) >= 11 is 0. The lowest BCUT2D eigenvalue weighted by Crippen LogP contribution is -2.62. The molecular formula is C5H17N3O3Si. The lowest BCUT2D eigenvalue weighted by atomic mass is 10.7. The summed E-state index contributed by atoms with van der Waals surface area (Å²) in [6.45, 7) is 1.17. The van der Waals surface area contributed by atoms with Crippen LogP contribution in [0, 0.1) is 0 Å². The van der Waals surface area contributed by atoms with Crippen molar-refractivity contribution in [3.8, 4) is 0 Å². The molecule has 0 bridgehead atoms. The molecule has 0 saturated carbocycles. The van der Waals surface area contributed by atoms with E-state index in [1.54, 1.807) is 0 Å². The largest absolute Gasteiger partial charge is 0.610 e. The van der Waals surface area contributed by atoms with Crippen LogP contribution in [0.3, 0.4) is 0 Å². The summed E-state index contributed by atoms with van der Waals surface area (Å²) in [7, 11) is 1.90. The van der Waals surface area contributed by atoms with Crippen LogP contribution in [0.1, 0.15) is 0 Å². The maximum atomic E-state index is 5.27. The Hall–Kier alpha value is -0.0231. The maximum absolute atomic E-state index is 5.27. The lowest BCUT2D eigenvalue weighted by Gasteiger charge is -2.24. The SMILES string of the molecule is CO[Si](NNCCN)(OC)OC. The fourth-order valence-electron chi connectivity index (χ4n) is 0.646. The van der Waals surface area contributed by atoms with Gasteiger partial charge in [-0.15, -0.1) is 0 Å². The Balaban J connectivity index is 3.76. The Bertz CT molecular complexity index is 104. The summed E-state index contributed by atoms with van der Waals surface area (Å²) in [5, 5.41) is 2.83. The van der Waals surface area contributed by atoms with E-state index in [0.717, 1.165) is 0 Å². The summed E-state index contributed by atoms with van der Waals surface area (Å²) in [6, 6.07) is 0. The minimum atomic E-state index is -2.67. The van der Waals surface area contributed by atoms with E-state index in [1.807, 2.05) is 0 Å². The third-order valence-electron chi connectivity index (χ3n) is 1.32. The highest BCUT2D eigenvalue weighted by Crippen LogP contribution is 1.98. The van der Waals surface area contributed by atoms with Crippen molar-refractivity contribution in [2.24, 2.45) is 5.73 Å². The molecule has 12 heavy (non-hydrogen) atoms. The average Bonchev–Trinajstić information content (AvgIpc) is 2.14. The molecule has 0 amide bonds. The Kier molecular flexibility index (Phi) is 6.48. The summed E-state index contributed by atoms with van der Waals surface area (Å²) in [4.78, 5) is 0. The van der Waals surface area contributed by atoms with Crippen molar-refractivity contribution < 1.29 is 13.3 Å². The second-order valence-electron chi connectivity index (χ2n) is 2.01. The van der Waals surface area contributed by atoms with Crippen molar-refractivity contribution in [3.05, 3.63) is 0 Å². The average molecular weight is 195 g/mol. The minimum Gasteiger partial charge on any atom is -0.364 e. The molecular weight excluding hydrogens is 178 g/mol. The van der Waals surface area contributed by atoms with Crippen LogP contribution in [-0.2, 0) is 13.3 Å². The van der Waals surface area contributed by atoms with Gasteiger partial charge in [-0.2, -0.15) is 0 Å². The van der Waals surface area contributed by atoms with E-state index in [2.05, 4.69) is 10.5 Å². The normalized spacial score (nSPS) is 12.0. The highest BCUT2D eigenvalue weighted by Gasteiger charge is 2.38. The Morgan fingerprint density at radius 1 is 1.17 bits per heavy atom. The third kappa shape index (κ3) is 3.58. The molecule has 0 aliphatic rings. The van der Waals surface area contributed by atoms with Gasteiger partial charge in [-0.25, -0.2) is 5.09 Å². The first-order valence-electron chi connectivity index (χ1n) is 3.60. The molecule has 4 N–H and O–H groups in total. The topological polar surface area (TPSA) is 77.8 Å². The van der Waals surface area contributed by atoms with Crippen LogP contribution in [0.2, 0.25) is 0 Å². The van der Waals surface area contributed by atoms with E-state index in [-0.39, 0.29) is 0 Å². The van der Waals surface area contributed by atoms with E-state index >= 15 is 0 Å². The zero-order valence-electron chi connectivity index (χ0n) is 7.72. The minimum absolute atomic E-state index is 0.536.